The number of nitrogens with one attached hydrogen (secondary N) is 3. The largest absolute Gasteiger partial charge is 0.344 e. The predicted octanol–water partition coefficient (Wildman–Crippen LogP) is 2.67. The second-order valence-corrected chi connectivity index (χ2v) is 7.54. The van der Waals surface area contributed by atoms with E-state index in [1.54, 1.807) is 0 Å². The molecule has 0 heterocycles. The highest BCUT2D eigenvalue weighted by Gasteiger charge is 2.44. The first-order valence-corrected chi connectivity index (χ1v) is 9.52. The van der Waals surface area contributed by atoms with Gasteiger partial charge in [0.15, 0.2) is 0 Å². The fourth-order valence-electron chi connectivity index (χ4n) is 4.61. The van der Waals surface area contributed by atoms with Crippen LogP contribution < -0.4 is 16.2 Å². The Morgan fingerprint density at radius 2 is 1.80 bits per heavy atom. The van der Waals surface area contributed by atoms with Gasteiger partial charge in [0.2, 0.25) is 6.41 Å². The van der Waals surface area contributed by atoms with E-state index in [2.05, 4.69) is 16.2 Å². The third-order valence-electron chi connectivity index (χ3n) is 5.96. The van der Waals surface area contributed by atoms with Crippen molar-refractivity contribution in [2.24, 2.45) is 11.8 Å². The van der Waals surface area contributed by atoms with Crippen LogP contribution >= 0.6 is 0 Å². The summed E-state index contributed by atoms with van der Waals surface area (Å²) in [6, 6.07) is 9.93. The molecule has 5 heteroatoms. The highest BCUT2D eigenvalue weighted by Crippen LogP contribution is 2.42. The zero-order chi connectivity index (χ0) is 17.5. The molecular formula is C20H29N3O2. The van der Waals surface area contributed by atoms with Gasteiger partial charge in [0.05, 0.1) is 0 Å². The van der Waals surface area contributed by atoms with E-state index in [1.165, 1.54) is 32.1 Å². The van der Waals surface area contributed by atoms with Crippen LogP contribution in [-0.4, -0.2) is 17.9 Å². The molecule has 2 amide bonds. The van der Waals surface area contributed by atoms with Crippen molar-refractivity contribution in [2.75, 3.05) is 0 Å². The average Bonchev–Trinajstić information content (AvgIpc) is 3.18. The first-order valence-electron chi connectivity index (χ1n) is 9.52. The lowest BCUT2D eigenvalue weighted by molar-refractivity contribution is -0.133. The van der Waals surface area contributed by atoms with Crippen LogP contribution in [0, 0.1) is 11.8 Å². The lowest BCUT2D eigenvalue weighted by atomic mass is 9.70. The van der Waals surface area contributed by atoms with E-state index in [-0.39, 0.29) is 5.91 Å². The molecule has 0 spiro atoms. The molecule has 5 nitrogen and oxygen atoms in total. The van der Waals surface area contributed by atoms with Crippen molar-refractivity contribution in [3.8, 4) is 0 Å². The molecule has 0 saturated heterocycles. The van der Waals surface area contributed by atoms with Gasteiger partial charge in [-0.25, -0.2) is 5.43 Å². The molecule has 2 unspecified atom stereocenters. The van der Waals surface area contributed by atoms with Crippen LogP contribution in [0.3, 0.4) is 0 Å². The van der Waals surface area contributed by atoms with Crippen molar-refractivity contribution in [3.63, 3.8) is 0 Å². The number of amides is 2. The summed E-state index contributed by atoms with van der Waals surface area (Å²) in [6.45, 7) is 0.565. The molecule has 1 aromatic rings. The second-order valence-electron chi connectivity index (χ2n) is 7.54. The van der Waals surface area contributed by atoms with Crippen molar-refractivity contribution in [1.29, 1.82) is 0 Å². The van der Waals surface area contributed by atoms with Gasteiger partial charge in [-0.05, 0) is 36.7 Å². The predicted molar refractivity (Wildman–Crippen MR) is 97.3 cm³/mol. The first kappa shape index (κ1) is 17.9. The van der Waals surface area contributed by atoms with Gasteiger partial charge in [-0.2, -0.15) is 0 Å². The lowest BCUT2D eigenvalue weighted by Crippen LogP contribution is -2.61. The van der Waals surface area contributed by atoms with Crippen molar-refractivity contribution in [1.82, 2.24) is 16.2 Å². The Balaban J connectivity index is 1.59. The topological polar surface area (TPSA) is 70.2 Å². The maximum absolute atomic E-state index is 12.9. The Hall–Kier alpha value is -1.88. The molecule has 2 aliphatic carbocycles. The monoisotopic (exact) mass is 343 g/mol. The van der Waals surface area contributed by atoms with Crippen LogP contribution in [0.2, 0.25) is 0 Å². The average molecular weight is 343 g/mol. The summed E-state index contributed by atoms with van der Waals surface area (Å²) in [5.74, 6) is 1.15. The summed E-state index contributed by atoms with van der Waals surface area (Å²) in [7, 11) is 0. The highest BCUT2D eigenvalue weighted by molar-refractivity contribution is 5.88. The van der Waals surface area contributed by atoms with Crippen LogP contribution in [0.5, 0.6) is 0 Å². The molecule has 0 bridgehead atoms. The standard InChI is InChI=1S/C20H29N3O2/c24-15-21-20(12-6-11-18(13-20)17-9-4-5-10-17)19(25)23-22-14-16-7-2-1-3-8-16/h1-3,7-8,15,17-18,22H,4-6,9-14H2,(H,21,24)(H,23,25). The molecule has 0 aliphatic heterocycles. The van der Waals surface area contributed by atoms with Gasteiger partial charge in [-0.15, -0.1) is 0 Å². The Kier molecular flexibility index (Phi) is 6.08. The summed E-state index contributed by atoms with van der Waals surface area (Å²) in [4.78, 5) is 24.1. The van der Waals surface area contributed by atoms with E-state index in [0.29, 0.717) is 25.3 Å². The quantitative estimate of drug-likeness (QED) is 0.526. The number of hydrazine groups is 1. The summed E-state index contributed by atoms with van der Waals surface area (Å²) in [5, 5.41) is 2.87. The van der Waals surface area contributed by atoms with Crippen LogP contribution in [0.15, 0.2) is 30.3 Å². The van der Waals surface area contributed by atoms with Crippen LogP contribution in [0.25, 0.3) is 0 Å². The number of carbonyl (C=O) groups is 2. The maximum Gasteiger partial charge on any atom is 0.259 e. The third-order valence-corrected chi connectivity index (χ3v) is 5.96. The summed E-state index contributed by atoms with van der Waals surface area (Å²) >= 11 is 0. The highest BCUT2D eigenvalue weighted by atomic mass is 16.2. The van der Waals surface area contributed by atoms with Crippen LogP contribution in [0.4, 0.5) is 0 Å². The number of benzene rings is 1. The number of hydrogen-bond acceptors (Lipinski definition) is 3. The Labute approximate surface area is 149 Å². The van der Waals surface area contributed by atoms with E-state index < -0.39 is 5.54 Å². The smallest absolute Gasteiger partial charge is 0.259 e. The van der Waals surface area contributed by atoms with Gasteiger partial charge < -0.3 is 5.32 Å². The van der Waals surface area contributed by atoms with E-state index in [1.807, 2.05) is 30.3 Å². The van der Waals surface area contributed by atoms with Crippen molar-refractivity contribution in [2.45, 2.75) is 63.5 Å². The molecule has 1 aromatic carbocycles. The van der Waals surface area contributed by atoms with E-state index >= 15 is 0 Å². The van der Waals surface area contributed by atoms with E-state index in [0.717, 1.165) is 24.3 Å². The molecular weight excluding hydrogens is 314 g/mol. The number of hydrogen-bond donors (Lipinski definition) is 3. The van der Waals surface area contributed by atoms with Gasteiger partial charge in [0.1, 0.15) is 5.54 Å². The molecule has 0 radical (unpaired) electrons. The molecule has 3 N–H and O–H groups in total. The number of rotatable bonds is 7. The molecule has 2 fully saturated rings. The molecule has 2 atom stereocenters. The Morgan fingerprint density at radius 3 is 2.52 bits per heavy atom. The molecule has 2 saturated carbocycles. The normalized spacial score (nSPS) is 27.0. The van der Waals surface area contributed by atoms with Crippen molar-refractivity contribution < 1.29 is 9.59 Å². The van der Waals surface area contributed by atoms with Gasteiger partial charge in [-0.3, -0.25) is 15.0 Å². The maximum atomic E-state index is 12.9. The van der Waals surface area contributed by atoms with Gasteiger partial charge in [-0.1, -0.05) is 62.4 Å². The number of carbonyl (C=O) groups excluding carboxylic acids is 2. The van der Waals surface area contributed by atoms with Gasteiger partial charge in [0, 0.05) is 6.54 Å². The zero-order valence-corrected chi connectivity index (χ0v) is 14.8. The fourth-order valence-corrected chi connectivity index (χ4v) is 4.61. The second kappa shape index (κ2) is 8.48. The Bertz CT molecular complexity index is 572. The van der Waals surface area contributed by atoms with Gasteiger partial charge >= 0.3 is 0 Å². The van der Waals surface area contributed by atoms with Crippen molar-refractivity contribution in [3.05, 3.63) is 35.9 Å². The third kappa shape index (κ3) is 4.40. The minimum atomic E-state index is -0.767. The summed E-state index contributed by atoms with van der Waals surface area (Å²) < 4.78 is 0. The zero-order valence-electron chi connectivity index (χ0n) is 14.8. The molecule has 0 aromatic heterocycles. The minimum absolute atomic E-state index is 0.113. The molecule has 3 rings (SSSR count). The van der Waals surface area contributed by atoms with Crippen LogP contribution in [0.1, 0.15) is 56.9 Å². The molecule has 136 valence electrons. The fraction of sp³-hybridized carbons (Fsp3) is 0.600. The SMILES string of the molecule is O=CNC1(C(=O)NNCc2ccccc2)CCCC(C2CCCC2)C1. The molecule has 2 aliphatic rings. The molecule has 25 heavy (non-hydrogen) atoms. The summed E-state index contributed by atoms with van der Waals surface area (Å²) in [6.07, 6.45) is 9.49. The van der Waals surface area contributed by atoms with E-state index in [4.69, 9.17) is 0 Å². The Morgan fingerprint density at radius 1 is 1.08 bits per heavy atom. The van der Waals surface area contributed by atoms with Gasteiger partial charge in [0.25, 0.3) is 5.91 Å². The first-order chi connectivity index (χ1) is 12.2. The van der Waals surface area contributed by atoms with Crippen LogP contribution in [-0.2, 0) is 16.1 Å². The van der Waals surface area contributed by atoms with Crippen molar-refractivity contribution >= 4 is 12.3 Å². The van der Waals surface area contributed by atoms with E-state index in [9.17, 15) is 9.59 Å². The summed E-state index contributed by atoms with van der Waals surface area (Å²) in [5.41, 5.74) is 6.18. The lowest BCUT2D eigenvalue weighted by Gasteiger charge is -2.41. The minimum Gasteiger partial charge on any atom is -0.344 e.